The number of nitrogens with one attached hydrogen (secondary N) is 1. The smallest absolute Gasteiger partial charge is 0.341 e. The minimum absolute atomic E-state index is 0.113. The average molecular weight is 455 g/mol. The highest BCUT2D eigenvalue weighted by Gasteiger charge is 2.27. The number of hydrogen-bond acceptors (Lipinski definition) is 8. The highest BCUT2D eigenvalue weighted by molar-refractivity contribution is 7.15. The highest BCUT2D eigenvalue weighted by atomic mass is 32.1. The molecule has 32 heavy (non-hydrogen) atoms. The van der Waals surface area contributed by atoms with Crippen LogP contribution in [-0.4, -0.2) is 28.8 Å². The van der Waals surface area contributed by atoms with Crippen LogP contribution in [0.2, 0.25) is 0 Å². The van der Waals surface area contributed by atoms with Crippen LogP contribution in [0.1, 0.15) is 31.8 Å². The van der Waals surface area contributed by atoms with Gasteiger partial charge in [0.05, 0.1) is 23.0 Å². The van der Waals surface area contributed by atoms with Gasteiger partial charge in [-0.15, -0.1) is 11.3 Å². The molecule has 0 atom stereocenters. The van der Waals surface area contributed by atoms with Crippen molar-refractivity contribution in [1.82, 2.24) is 0 Å². The fraction of sp³-hybridized carbons (Fsp3) is 0.143. The molecule has 0 unspecified atom stereocenters. The van der Waals surface area contributed by atoms with E-state index in [0.717, 1.165) is 40.2 Å². The van der Waals surface area contributed by atoms with Crippen molar-refractivity contribution < 1.29 is 24.2 Å². The number of carbonyl (C=O) groups is 2. The number of rotatable bonds is 6. The molecule has 0 saturated carbocycles. The summed E-state index contributed by atoms with van der Waals surface area (Å²) in [6, 6.07) is 8.41. The topological polar surface area (TPSA) is 142 Å². The number of non-ortho nitro benzene ring substituents is 1. The molecule has 0 saturated heterocycles. The van der Waals surface area contributed by atoms with Crippen LogP contribution in [0.25, 0.3) is 11.1 Å². The molecule has 3 aromatic rings. The molecule has 2 aromatic carbocycles. The Hall–Kier alpha value is -4.12. The van der Waals surface area contributed by atoms with Gasteiger partial charge in [-0.2, -0.15) is 0 Å². The van der Waals surface area contributed by atoms with Crippen molar-refractivity contribution >= 4 is 39.6 Å². The molecule has 1 aromatic heterocycles. The minimum Gasteiger partial charge on any atom is -0.465 e. The number of nitro groups is 2. The first-order chi connectivity index (χ1) is 15.1. The zero-order valence-corrected chi connectivity index (χ0v) is 18.0. The first-order valence-corrected chi connectivity index (χ1v) is 10.0. The predicted octanol–water partition coefficient (Wildman–Crippen LogP) is 4.89. The molecule has 0 bridgehead atoms. The summed E-state index contributed by atoms with van der Waals surface area (Å²) in [7, 11) is 1.21. The molecular formula is C21H17N3O7S. The van der Waals surface area contributed by atoms with Crippen LogP contribution in [0.15, 0.2) is 41.8 Å². The fourth-order valence-electron chi connectivity index (χ4n) is 3.22. The van der Waals surface area contributed by atoms with E-state index >= 15 is 0 Å². The van der Waals surface area contributed by atoms with Gasteiger partial charge in [-0.05, 0) is 31.0 Å². The Kier molecular flexibility index (Phi) is 6.30. The van der Waals surface area contributed by atoms with Gasteiger partial charge in [0.2, 0.25) is 0 Å². The average Bonchev–Trinajstić information content (AvgIpc) is 3.15. The van der Waals surface area contributed by atoms with Gasteiger partial charge in [-0.1, -0.05) is 23.8 Å². The van der Waals surface area contributed by atoms with Crippen LogP contribution in [0, 0.1) is 34.1 Å². The summed E-state index contributed by atoms with van der Waals surface area (Å²) < 4.78 is 4.89. The molecule has 0 spiro atoms. The second-order valence-corrected chi connectivity index (χ2v) is 7.71. The number of aryl methyl sites for hydroxylation is 2. The summed E-state index contributed by atoms with van der Waals surface area (Å²) in [4.78, 5) is 46.0. The summed E-state index contributed by atoms with van der Waals surface area (Å²) >= 11 is 1.06. The molecule has 164 valence electrons. The Balaban J connectivity index is 2.05. The summed E-state index contributed by atoms with van der Waals surface area (Å²) in [5.41, 5.74) is 1.78. The molecule has 1 N–H and O–H groups in total. The van der Waals surface area contributed by atoms with E-state index in [4.69, 9.17) is 4.74 Å². The van der Waals surface area contributed by atoms with Gasteiger partial charge in [-0.3, -0.25) is 25.0 Å². The van der Waals surface area contributed by atoms with Gasteiger partial charge in [0, 0.05) is 17.0 Å². The number of ether oxygens (including phenoxy) is 1. The van der Waals surface area contributed by atoms with Gasteiger partial charge >= 0.3 is 5.97 Å². The Bertz CT molecular complexity index is 1270. The lowest BCUT2D eigenvalue weighted by atomic mass is 9.97. The maximum Gasteiger partial charge on any atom is 0.341 e. The van der Waals surface area contributed by atoms with E-state index in [1.807, 2.05) is 32.0 Å². The van der Waals surface area contributed by atoms with Crippen LogP contribution < -0.4 is 5.32 Å². The molecule has 1 amide bonds. The van der Waals surface area contributed by atoms with E-state index in [-0.39, 0.29) is 16.1 Å². The van der Waals surface area contributed by atoms with E-state index in [1.165, 1.54) is 7.11 Å². The first-order valence-electron chi connectivity index (χ1n) is 9.15. The van der Waals surface area contributed by atoms with Crippen molar-refractivity contribution in [3.63, 3.8) is 0 Å². The van der Waals surface area contributed by atoms with Crippen molar-refractivity contribution in [2.75, 3.05) is 12.4 Å². The van der Waals surface area contributed by atoms with Gasteiger partial charge in [0.1, 0.15) is 16.1 Å². The number of hydrogen-bond donors (Lipinski definition) is 1. The second kappa shape index (κ2) is 8.94. The molecule has 11 heteroatoms. The lowest BCUT2D eigenvalue weighted by Gasteiger charge is -2.10. The molecule has 0 aliphatic heterocycles. The number of benzene rings is 2. The lowest BCUT2D eigenvalue weighted by Crippen LogP contribution is -2.16. The SMILES string of the molecule is COC(=O)c1c(-c2ccc(C)cc2C)csc1NC(=O)c1ccc([N+](=O)[O-])cc1[N+](=O)[O-]. The Morgan fingerprint density at radius 2 is 1.72 bits per heavy atom. The number of nitrogens with zero attached hydrogens (tertiary/aromatic N) is 2. The Morgan fingerprint density at radius 3 is 2.31 bits per heavy atom. The quantitative estimate of drug-likeness (QED) is 0.317. The fourth-order valence-corrected chi connectivity index (χ4v) is 4.16. The maximum absolute atomic E-state index is 12.8. The summed E-state index contributed by atoms with van der Waals surface area (Å²) in [6.45, 7) is 3.83. The van der Waals surface area contributed by atoms with Crippen molar-refractivity contribution in [3.8, 4) is 11.1 Å². The number of anilines is 1. The number of carbonyl (C=O) groups excluding carboxylic acids is 2. The maximum atomic E-state index is 12.8. The molecule has 0 aliphatic rings. The van der Waals surface area contributed by atoms with Crippen molar-refractivity contribution in [2.24, 2.45) is 0 Å². The molecule has 0 fully saturated rings. The third kappa shape index (κ3) is 4.32. The van der Waals surface area contributed by atoms with Crippen LogP contribution in [0.3, 0.4) is 0 Å². The Morgan fingerprint density at radius 1 is 1.00 bits per heavy atom. The van der Waals surface area contributed by atoms with E-state index in [2.05, 4.69) is 5.32 Å². The summed E-state index contributed by atoms with van der Waals surface area (Å²) in [5.74, 6) is -1.57. The van der Waals surface area contributed by atoms with Crippen molar-refractivity contribution in [3.05, 3.63) is 84.3 Å². The molecule has 0 aliphatic carbocycles. The zero-order valence-electron chi connectivity index (χ0n) is 17.2. The molecule has 10 nitrogen and oxygen atoms in total. The van der Waals surface area contributed by atoms with Crippen molar-refractivity contribution in [1.29, 1.82) is 0 Å². The third-order valence-electron chi connectivity index (χ3n) is 4.71. The predicted molar refractivity (Wildman–Crippen MR) is 118 cm³/mol. The van der Waals surface area contributed by atoms with E-state index < -0.39 is 33.1 Å². The van der Waals surface area contributed by atoms with E-state index in [9.17, 15) is 29.8 Å². The van der Waals surface area contributed by atoms with Gasteiger partial charge in [-0.25, -0.2) is 4.79 Å². The van der Waals surface area contributed by atoms with Gasteiger partial charge in [0.25, 0.3) is 17.3 Å². The number of methoxy groups -OCH3 is 1. The van der Waals surface area contributed by atoms with E-state index in [1.54, 1.807) is 5.38 Å². The number of thiophene rings is 1. The molecule has 1 heterocycles. The van der Waals surface area contributed by atoms with Crippen molar-refractivity contribution in [2.45, 2.75) is 13.8 Å². The zero-order chi connectivity index (χ0) is 23.6. The highest BCUT2D eigenvalue weighted by Crippen LogP contribution is 2.38. The first kappa shape index (κ1) is 22.6. The third-order valence-corrected chi connectivity index (χ3v) is 5.61. The monoisotopic (exact) mass is 455 g/mol. The largest absolute Gasteiger partial charge is 0.465 e. The number of esters is 1. The van der Waals surface area contributed by atoms with Crippen LogP contribution >= 0.6 is 11.3 Å². The minimum atomic E-state index is -0.884. The van der Waals surface area contributed by atoms with Crippen LogP contribution in [-0.2, 0) is 4.74 Å². The normalized spacial score (nSPS) is 10.5. The summed E-state index contributed by atoms with van der Waals surface area (Å²) in [5, 5.41) is 26.6. The molecule has 0 radical (unpaired) electrons. The number of nitro benzene ring substituents is 2. The standard InChI is InChI=1S/C21H17N3O7S/c1-11-4-6-14(12(2)8-11)16-10-32-20(18(16)21(26)31-3)22-19(25)15-7-5-13(23(27)28)9-17(15)24(29)30/h4-10H,1-3H3,(H,22,25). The number of amides is 1. The second-order valence-electron chi connectivity index (χ2n) is 6.83. The molecular weight excluding hydrogens is 438 g/mol. The van der Waals surface area contributed by atoms with Crippen LogP contribution in [0.4, 0.5) is 16.4 Å². The van der Waals surface area contributed by atoms with Gasteiger partial charge in [0.15, 0.2) is 0 Å². The summed E-state index contributed by atoms with van der Waals surface area (Å²) in [6.07, 6.45) is 0. The van der Waals surface area contributed by atoms with Crippen LogP contribution in [0.5, 0.6) is 0 Å². The Labute approximate surface area is 185 Å². The van der Waals surface area contributed by atoms with Gasteiger partial charge < -0.3 is 10.1 Å². The molecule has 3 rings (SSSR count). The lowest BCUT2D eigenvalue weighted by molar-refractivity contribution is -0.394. The van der Waals surface area contributed by atoms with E-state index in [0.29, 0.717) is 11.6 Å².